The SMILES string of the molecule is C/C(=N/NC(=O)CN(c1ccccc1C)S(=O)(=O)c1ccc(C)cc1)c1cccc([N+](=O)[O-])c1. The number of nitro groups is 1. The van der Waals surface area contributed by atoms with Crippen LogP contribution in [0.5, 0.6) is 0 Å². The van der Waals surface area contributed by atoms with Gasteiger partial charge in [-0.25, -0.2) is 13.8 Å². The van der Waals surface area contributed by atoms with Crippen LogP contribution in [-0.2, 0) is 14.8 Å². The van der Waals surface area contributed by atoms with Crippen LogP contribution in [0.4, 0.5) is 11.4 Å². The molecule has 0 saturated carbocycles. The summed E-state index contributed by atoms with van der Waals surface area (Å²) < 4.78 is 27.9. The molecule has 0 radical (unpaired) electrons. The van der Waals surface area contributed by atoms with Gasteiger partial charge in [-0.15, -0.1) is 0 Å². The van der Waals surface area contributed by atoms with Crippen molar-refractivity contribution in [2.45, 2.75) is 25.7 Å². The minimum atomic E-state index is -4.05. The van der Waals surface area contributed by atoms with E-state index in [1.165, 1.54) is 30.3 Å². The highest BCUT2D eigenvalue weighted by Crippen LogP contribution is 2.26. The Balaban J connectivity index is 1.88. The van der Waals surface area contributed by atoms with Crippen LogP contribution >= 0.6 is 0 Å². The molecular weight excluding hydrogens is 456 g/mol. The van der Waals surface area contributed by atoms with Gasteiger partial charge in [0, 0.05) is 17.7 Å². The van der Waals surface area contributed by atoms with Gasteiger partial charge in [0.15, 0.2) is 0 Å². The van der Waals surface area contributed by atoms with E-state index in [1.54, 1.807) is 56.3 Å². The van der Waals surface area contributed by atoms with Crippen LogP contribution in [0.25, 0.3) is 0 Å². The van der Waals surface area contributed by atoms with Crippen LogP contribution in [-0.4, -0.2) is 31.5 Å². The molecule has 0 aliphatic carbocycles. The smallest absolute Gasteiger partial charge is 0.270 e. The average Bonchev–Trinajstić information content (AvgIpc) is 2.82. The second-order valence-corrected chi connectivity index (χ2v) is 9.51. The summed E-state index contributed by atoms with van der Waals surface area (Å²) >= 11 is 0. The van der Waals surface area contributed by atoms with E-state index in [-0.39, 0.29) is 10.6 Å². The van der Waals surface area contributed by atoms with Crippen molar-refractivity contribution in [1.29, 1.82) is 0 Å². The predicted octanol–water partition coefficient (Wildman–Crippen LogP) is 3.95. The summed E-state index contributed by atoms with van der Waals surface area (Å²) in [5.74, 6) is -0.663. The lowest BCUT2D eigenvalue weighted by molar-refractivity contribution is -0.384. The fraction of sp³-hybridized carbons (Fsp3) is 0.167. The lowest BCUT2D eigenvalue weighted by Gasteiger charge is -2.25. The van der Waals surface area contributed by atoms with E-state index >= 15 is 0 Å². The first kappa shape index (κ1) is 24.6. The molecule has 0 aromatic heterocycles. The lowest BCUT2D eigenvalue weighted by atomic mass is 10.1. The molecule has 10 heteroatoms. The number of carbonyl (C=O) groups is 1. The summed E-state index contributed by atoms with van der Waals surface area (Å²) in [6.07, 6.45) is 0. The second-order valence-electron chi connectivity index (χ2n) is 7.65. The molecule has 3 aromatic rings. The zero-order valence-corrected chi connectivity index (χ0v) is 19.7. The van der Waals surface area contributed by atoms with Crippen molar-refractivity contribution in [3.8, 4) is 0 Å². The second kappa shape index (κ2) is 10.3. The van der Waals surface area contributed by atoms with E-state index in [1.807, 2.05) is 6.92 Å². The number of carbonyl (C=O) groups excluding carboxylic acids is 1. The fourth-order valence-corrected chi connectivity index (χ4v) is 4.69. The first-order chi connectivity index (χ1) is 16.1. The number of benzene rings is 3. The van der Waals surface area contributed by atoms with Crippen molar-refractivity contribution in [2.24, 2.45) is 5.10 Å². The number of nitrogens with one attached hydrogen (secondary N) is 1. The Morgan fingerprint density at radius 1 is 1.03 bits per heavy atom. The van der Waals surface area contributed by atoms with Crippen molar-refractivity contribution < 1.29 is 18.1 Å². The standard InChI is InChI=1S/C24H24N4O5S/c1-17-11-13-22(14-12-17)34(32,33)27(23-10-5-4-7-18(23)2)16-24(29)26-25-19(3)20-8-6-9-21(15-20)28(30)31/h4-15H,16H2,1-3H3,(H,26,29)/b25-19-. The normalized spacial score (nSPS) is 11.7. The lowest BCUT2D eigenvalue weighted by Crippen LogP contribution is -2.40. The summed E-state index contributed by atoms with van der Waals surface area (Å²) in [5, 5.41) is 15.0. The quantitative estimate of drug-likeness (QED) is 0.297. The van der Waals surface area contributed by atoms with Crippen molar-refractivity contribution in [1.82, 2.24) is 5.43 Å². The van der Waals surface area contributed by atoms with Gasteiger partial charge in [0.05, 0.1) is 21.2 Å². The summed E-state index contributed by atoms with van der Waals surface area (Å²) in [5.41, 5.74) is 5.00. The zero-order chi connectivity index (χ0) is 24.9. The molecule has 0 unspecified atom stereocenters. The van der Waals surface area contributed by atoms with Gasteiger partial charge in [-0.05, 0) is 44.5 Å². The molecule has 9 nitrogen and oxygen atoms in total. The number of amides is 1. The highest BCUT2D eigenvalue weighted by atomic mass is 32.2. The molecule has 0 heterocycles. The van der Waals surface area contributed by atoms with E-state index in [0.717, 1.165) is 9.87 Å². The molecule has 0 fully saturated rings. The molecule has 3 rings (SSSR count). The van der Waals surface area contributed by atoms with Crippen molar-refractivity contribution in [2.75, 3.05) is 10.8 Å². The van der Waals surface area contributed by atoms with Crippen LogP contribution in [0, 0.1) is 24.0 Å². The Bertz CT molecular complexity index is 1350. The molecule has 0 bridgehead atoms. The van der Waals surface area contributed by atoms with E-state index in [9.17, 15) is 23.3 Å². The first-order valence-corrected chi connectivity index (χ1v) is 11.8. The number of nitrogens with zero attached hydrogens (tertiary/aromatic N) is 3. The minimum absolute atomic E-state index is 0.0606. The molecule has 0 spiro atoms. The maximum Gasteiger partial charge on any atom is 0.270 e. The number of nitro benzene ring substituents is 1. The van der Waals surface area contributed by atoms with Gasteiger partial charge in [-0.2, -0.15) is 5.10 Å². The Hall–Kier alpha value is -4.05. The molecule has 0 aliphatic rings. The topological polar surface area (TPSA) is 122 Å². The first-order valence-electron chi connectivity index (χ1n) is 10.3. The Kier molecular flexibility index (Phi) is 7.42. The van der Waals surface area contributed by atoms with E-state index in [2.05, 4.69) is 10.5 Å². The van der Waals surface area contributed by atoms with Crippen molar-refractivity contribution >= 4 is 33.0 Å². The van der Waals surface area contributed by atoms with Crippen LogP contribution in [0.2, 0.25) is 0 Å². The molecule has 34 heavy (non-hydrogen) atoms. The number of non-ortho nitro benzene ring substituents is 1. The Labute approximate surface area is 197 Å². The number of para-hydroxylation sites is 1. The van der Waals surface area contributed by atoms with E-state index < -0.39 is 27.4 Å². The third-order valence-electron chi connectivity index (χ3n) is 5.10. The third-order valence-corrected chi connectivity index (χ3v) is 6.88. The van der Waals surface area contributed by atoms with E-state index in [4.69, 9.17) is 0 Å². The molecule has 3 aromatic carbocycles. The summed E-state index contributed by atoms with van der Waals surface area (Å²) in [4.78, 5) is 23.3. The van der Waals surface area contributed by atoms with Gasteiger partial charge in [0.1, 0.15) is 6.54 Å². The van der Waals surface area contributed by atoms with Crippen LogP contribution in [0.3, 0.4) is 0 Å². The minimum Gasteiger partial charge on any atom is -0.271 e. The molecule has 0 saturated heterocycles. The highest BCUT2D eigenvalue weighted by Gasteiger charge is 2.28. The number of hydrogen-bond acceptors (Lipinski definition) is 6. The highest BCUT2D eigenvalue weighted by molar-refractivity contribution is 7.92. The number of aryl methyl sites for hydroxylation is 2. The molecule has 1 amide bonds. The number of rotatable bonds is 8. The maximum atomic E-state index is 13.4. The monoisotopic (exact) mass is 480 g/mol. The molecule has 0 aliphatic heterocycles. The van der Waals surface area contributed by atoms with Gasteiger partial charge >= 0.3 is 0 Å². The number of hydrogen-bond donors (Lipinski definition) is 1. The fourth-order valence-electron chi connectivity index (χ4n) is 3.20. The van der Waals surface area contributed by atoms with Crippen molar-refractivity contribution in [3.63, 3.8) is 0 Å². The summed E-state index contributed by atoms with van der Waals surface area (Å²) in [7, 11) is -4.05. The number of sulfonamides is 1. The van der Waals surface area contributed by atoms with Gasteiger partial charge in [0.2, 0.25) is 0 Å². The predicted molar refractivity (Wildman–Crippen MR) is 130 cm³/mol. The Morgan fingerprint density at radius 3 is 2.35 bits per heavy atom. The Morgan fingerprint density at radius 2 is 1.71 bits per heavy atom. The number of hydrazone groups is 1. The molecule has 176 valence electrons. The number of anilines is 1. The zero-order valence-electron chi connectivity index (χ0n) is 18.9. The van der Waals surface area contributed by atoms with E-state index in [0.29, 0.717) is 22.5 Å². The van der Waals surface area contributed by atoms with Crippen LogP contribution < -0.4 is 9.73 Å². The third kappa shape index (κ3) is 5.65. The van der Waals surface area contributed by atoms with Gasteiger partial charge < -0.3 is 0 Å². The van der Waals surface area contributed by atoms with Crippen molar-refractivity contribution in [3.05, 3.63) is 99.6 Å². The summed E-state index contributed by atoms with van der Waals surface area (Å²) in [6, 6.07) is 19.1. The van der Waals surface area contributed by atoms with Gasteiger partial charge in [-0.3, -0.25) is 19.2 Å². The molecular formula is C24H24N4O5S. The molecule has 1 N–H and O–H groups in total. The van der Waals surface area contributed by atoms with Crippen LogP contribution in [0.15, 0.2) is 82.8 Å². The maximum absolute atomic E-state index is 13.4. The average molecular weight is 481 g/mol. The molecule has 0 atom stereocenters. The largest absolute Gasteiger partial charge is 0.271 e. The van der Waals surface area contributed by atoms with Crippen LogP contribution in [0.1, 0.15) is 23.6 Å². The van der Waals surface area contributed by atoms with Gasteiger partial charge in [-0.1, -0.05) is 48.0 Å². The summed E-state index contributed by atoms with van der Waals surface area (Å²) in [6.45, 7) is 4.69. The van der Waals surface area contributed by atoms with Gasteiger partial charge in [0.25, 0.3) is 21.6 Å².